The van der Waals surface area contributed by atoms with Gasteiger partial charge < -0.3 is 5.32 Å². The second kappa shape index (κ2) is 8.15. The molecule has 166 valence electrons. The van der Waals surface area contributed by atoms with Crippen LogP contribution in [0.1, 0.15) is 62.3 Å². The Kier molecular flexibility index (Phi) is 5.31. The van der Waals surface area contributed by atoms with Crippen molar-refractivity contribution in [3.8, 4) is 11.1 Å². The largest absolute Gasteiger partial charge is 0.310 e. The number of aryl methyl sites for hydroxylation is 1. The molecule has 3 aromatic rings. The molecule has 2 atom stereocenters. The van der Waals surface area contributed by atoms with E-state index >= 15 is 0 Å². The Balaban J connectivity index is 1.33. The third-order valence-corrected chi connectivity index (χ3v) is 7.04. The Morgan fingerprint density at radius 3 is 2.78 bits per heavy atom. The molecule has 0 saturated heterocycles. The van der Waals surface area contributed by atoms with Crippen LogP contribution in [0.2, 0.25) is 0 Å². The SMILES string of the molecule is Cc1cnc(NC(=O)[C@H]2CCC[C@H](c3ccncc3)C2)cc1-c1cnn2c1CC(C)(C)C2. The molecule has 0 unspecified atom stereocenters. The van der Waals surface area contributed by atoms with Crippen molar-refractivity contribution in [2.45, 2.75) is 65.3 Å². The van der Waals surface area contributed by atoms with E-state index in [2.05, 4.69) is 58.0 Å². The number of hydrogen-bond acceptors (Lipinski definition) is 4. The van der Waals surface area contributed by atoms with Gasteiger partial charge in [0.15, 0.2) is 0 Å². The molecule has 1 aliphatic carbocycles. The Morgan fingerprint density at radius 2 is 1.97 bits per heavy atom. The van der Waals surface area contributed by atoms with Crippen LogP contribution in [-0.2, 0) is 17.8 Å². The van der Waals surface area contributed by atoms with Gasteiger partial charge >= 0.3 is 0 Å². The molecule has 0 bridgehead atoms. The van der Waals surface area contributed by atoms with Crippen molar-refractivity contribution < 1.29 is 4.79 Å². The van der Waals surface area contributed by atoms with E-state index in [0.717, 1.165) is 55.3 Å². The summed E-state index contributed by atoms with van der Waals surface area (Å²) in [4.78, 5) is 21.8. The van der Waals surface area contributed by atoms with Crippen LogP contribution in [-0.4, -0.2) is 25.7 Å². The maximum absolute atomic E-state index is 13.1. The van der Waals surface area contributed by atoms with E-state index in [0.29, 0.717) is 11.7 Å². The number of fused-ring (bicyclic) bond motifs is 1. The van der Waals surface area contributed by atoms with Crippen LogP contribution in [0.3, 0.4) is 0 Å². The molecule has 6 nitrogen and oxygen atoms in total. The minimum atomic E-state index is 0.00895. The number of carbonyl (C=O) groups is 1. The lowest BCUT2D eigenvalue weighted by Crippen LogP contribution is -2.27. The summed E-state index contributed by atoms with van der Waals surface area (Å²) in [5.41, 5.74) is 6.14. The van der Waals surface area contributed by atoms with E-state index in [1.807, 2.05) is 30.9 Å². The van der Waals surface area contributed by atoms with Gasteiger partial charge in [-0.2, -0.15) is 5.10 Å². The topological polar surface area (TPSA) is 72.7 Å². The lowest BCUT2D eigenvalue weighted by molar-refractivity contribution is -0.120. The number of rotatable bonds is 4. The van der Waals surface area contributed by atoms with Crippen molar-refractivity contribution in [1.29, 1.82) is 0 Å². The van der Waals surface area contributed by atoms with Gasteiger partial charge in [-0.15, -0.1) is 0 Å². The number of amides is 1. The van der Waals surface area contributed by atoms with E-state index in [-0.39, 0.29) is 17.2 Å². The molecule has 0 aromatic carbocycles. The number of hydrogen-bond donors (Lipinski definition) is 1. The molecule has 0 radical (unpaired) electrons. The van der Waals surface area contributed by atoms with E-state index in [1.54, 1.807) is 0 Å². The van der Waals surface area contributed by atoms with Crippen molar-refractivity contribution in [1.82, 2.24) is 19.7 Å². The lowest BCUT2D eigenvalue weighted by Gasteiger charge is -2.28. The molecule has 2 aliphatic rings. The summed E-state index contributed by atoms with van der Waals surface area (Å²) in [5.74, 6) is 1.13. The van der Waals surface area contributed by atoms with Gasteiger partial charge in [0.25, 0.3) is 0 Å². The van der Waals surface area contributed by atoms with Gasteiger partial charge in [-0.05, 0) is 78.8 Å². The highest BCUT2D eigenvalue weighted by atomic mass is 16.1. The zero-order valence-electron chi connectivity index (χ0n) is 19.1. The molecule has 5 rings (SSSR count). The first kappa shape index (κ1) is 20.9. The highest BCUT2D eigenvalue weighted by Gasteiger charge is 2.32. The molecule has 4 heterocycles. The highest BCUT2D eigenvalue weighted by Crippen LogP contribution is 2.39. The molecule has 1 N–H and O–H groups in total. The van der Waals surface area contributed by atoms with Crippen LogP contribution < -0.4 is 5.32 Å². The Labute approximate surface area is 189 Å². The summed E-state index contributed by atoms with van der Waals surface area (Å²) in [6.07, 6.45) is 12.5. The second-order valence-electron chi connectivity index (χ2n) is 10.2. The average Bonchev–Trinajstić information content (AvgIpc) is 3.30. The fourth-order valence-electron chi connectivity index (χ4n) is 5.35. The van der Waals surface area contributed by atoms with E-state index in [1.165, 1.54) is 11.3 Å². The maximum Gasteiger partial charge on any atom is 0.228 e. The molecule has 0 spiro atoms. The van der Waals surface area contributed by atoms with Crippen molar-refractivity contribution in [3.63, 3.8) is 0 Å². The standard InChI is InChI=1S/C26H31N5O/c1-17-14-28-24(12-21(17)22-15-29-31-16-26(2,3)13-23(22)31)30-25(32)20-6-4-5-19(11-20)18-7-9-27-10-8-18/h7-10,12,14-15,19-20H,4-6,11,13,16H2,1-3H3,(H,28,30,32)/t19-,20-/m0/s1. The van der Waals surface area contributed by atoms with Gasteiger partial charge in [-0.1, -0.05) is 20.3 Å². The number of pyridine rings is 2. The van der Waals surface area contributed by atoms with Crippen molar-refractivity contribution in [2.75, 3.05) is 5.32 Å². The van der Waals surface area contributed by atoms with Crippen LogP contribution >= 0.6 is 0 Å². The fraction of sp³-hybridized carbons (Fsp3) is 0.462. The van der Waals surface area contributed by atoms with Crippen LogP contribution in [0.15, 0.2) is 43.0 Å². The Hall–Kier alpha value is -3.02. The van der Waals surface area contributed by atoms with Crippen molar-refractivity contribution in [3.05, 3.63) is 59.8 Å². The van der Waals surface area contributed by atoms with E-state index < -0.39 is 0 Å². The summed E-state index contributed by atoms with van der Waals surface area (Å²) in [5, 5.41) is 7.72. The summed E-state index contributed by atoms with van der Waals surface area (Å²) < 4.78 is 2.12. The number of nitrogens with one attached hydrogen (secondary N) is 1. The van der Waals surface area contributed by atoms with E-state index in [4.69, 9.17) is 0 Å². The van der Waals surface area contributed by atoms with Gasteiger partial charge in [0.05, 0.1) is 6.20 Å². The third kappa shape index (κ3) is 4.06. The number of nitrogens with zero attached hydrogens (tertiary/aromatic N) is 4. The molecule has 1 amide bonds. The third-order valence-electron chi connectivity index (χ3n) is 7.04. The first-order chi connectivity index (χ1) is 15.4. The molecular formula is C26H31N5O. The average molecular weight is 430 g/mol. The molecule has 1 saturated carbocycles. The molecule has 1 fully saturated rings. The van der Waals surface area contributed by atoms with Crippen LogP contribution in [0.25, 0.3) is 11.1 Å². The van der Waals surface area contributed by atoms with Crippen LogP contribution in [0.5, 0.6) is 0 Å². The summed E-state index contributed by atoms with van der Waals surface area (Å²) >= 11 is 0. The smallest absolute Gasteiger partial charge is 0.228 e. The maximum atomic E-state index is 13.1. The van der Waals surface area contributed by atoms with Gasteiger partial charge in [0, 0.05) is 42.3 Å². The summed E-state index contributed by atoms with van der Waals surface area (Å²) in [7, 11) is 0. The van der Waals surface area contributed by atoms with Gasteiger partial charge in [0.2, 0.25) is 5.91 Å². The van der Waals surface area contributed by atoms with Gasteiger partial charge in [-0.3, -0.25) is 14.5 Å². The minimum absolute atomic E-state index is 0.00895. The first-order valence-electron chi connectivity index (χ1n) is 11.6. The summed E-state index contributed by atoms with van der Waals surface area (Å²) in [6, 6.07) is 6.16. The fourth-order valence-corrected chi connectivity index (χ4v) is 5.35. The molecule has 6 heteroatoms. The normalized spacial score (nSPS) is 21.8. The molecule has 1 aliphatic heterocycles. The van der Waals surface area contributed by atoms with Crippen molar-refractivity contribution in [2.24, 2.45) is 11.3 Å². The highest BCUT2D eigenvalue weighted by molar-refractivity contribution is 5.92. The quantitative estimate of drug-likeness (QED) is 0.623. The Morgan fingerprint density at radius 1 is 1.16 bits per heavy atom. The monoisotopic (exact) mass is 429 g/mol. The Bertz CT molecular complexity index is 1130. The van der Waals surface area contributed by atoms with Gasteiger partial charge in [0.1, 0.15) is 5.82 Å². The zero-order chi connectivity index (χ0) is 22.3. The minimum Gasteiger partial charge on any atom is -0.310 e. The molecule has 3 aromatic heterocycles. The van der Waals surface area contributed by atoms with Crippen LogP contribution in [0, 0.1) is 18.3 Å². The van der Waals surface area contributed by atoms with Crippen LogP contribution in [0.4, 0.5) is 5.82 Å². The predicted molar refractivity (Wildman–Crippen MR) is 125 cm³/mol. The number of anilines is 1. The number of aromatic nitrogens is 4. The molecule has 32 heavy (non-hydrogen) atoms. The van der Waals surface area contributed by atoms with E-state index in [9.17, 15) is 4.79 Å². The molecular weight excluding hydrogens is 398 g/mol. The first-order valence-corrected chi connectivity index (χ1v) is 11.6. The summed E-state index contributed by atoms with van der Waals surface area (Å²) in [6.45, 7) is 7.56. The lowest BCUT2D eigenvalue weighted by atomic mass is 9.78. The predicted octanol–water partition coefficient (Wildman–Crippen LogP) is 5.14. The van der Waals surface area contributed by atoms with Gasteiger partial charge in [-0.25, -0.2) is 4.98 Å². The zero-order valence-corrected chi connectivity index (χ0v) is 19.1. The number of carbonyl (C=O) groups excluding carboxylic acids is 1. The van der Waals surface area contributed by atoms with Crippen molar-refractivity contribution >= 4 is 11.7 Å². The second-order valence-corrected chi connectivity index (χ2v) is 10.2.